The highest BCUT2D eigenvalue weighted by atomic mass is 35.5. The van der Waals surface area contributed by atoms with Crippen LogP contribution in [0.2, 0.25) is 10.0 Å². The van der Waals surface area contributed by atoms with Crippen LogP contribution in [-0.4, -0.2) is 37.7 Å². The van der Waals surface area contributed by atoms with Crippen molar-refractivity contribution in [3.63, 3.8) is 0 Å². The topological polar surface area (TPSA) is 111 Å². The van der Waals surface area contributed by atoms with E-state index < -0.39 is 24.2 Å². The fourth-order valence-corrected chi connectivity index (χ4v) is 5.07. The number of carboxylic acids is 1. The number of rotatable bonds is 8. The lowest BCUT2D eigenvalue weighted by molar-refractivity contribution is -0.137. The minimum absolute atomic E-state index is 0.218. The van der Waals surface area contributed by atoms with E-state index in [9.17, 15) is 9.59 Å². The number of hydrogen-bond acceptors (Lipinski definition) is 5. The fraction of sp³-hybridized carbons (Fsp3) is 0.133. The molecule has 196 valence electrons. The maximum absolute atomic E-state index is 12.6. The molecule has 0 bridgehead atoms. The Morgan fingerprint density at radius 3 is 2.36 bits per heavy atom. The number of Topliss-reactive ketones (excluding diaryl/α,β-unsaturated/α-hetero) is 1. The first-order valence-corrected chi connectivity index (χ1v) is 13.0. The average Bonchev–Trinajstić information content (AvgIpc) is 3.37. The molecule has 0 saturated heterocycles. The van der Waals surface area contributed by atoms with Crippen molar-refractivity contribution in [3.8, 4) is 22.5 Å². The number of carbonyl (C=O) groups is 2. The monoisotopic (exact) mass is 558 g/mol. The molecule has 2 aromatic heterocycles. The third kappa shape index (κ3) is 5.71. The number of carbonyl (C=O) groups excluding carboxylic acids is 1. The SMILES string of the molecule is CC(c1ccc(C(=O)C(N)CC(=O)O)cc1)n1nc(-c2cc(Cl)cc(Cl)c2)cc1-c1ccc2ncccc2c1. The Morgan fingerprint density at radius 1 is 0.949 bits per heavy atom. The second kappa shape index (κ2) is 11.0. The lowest BCUT2D eigenvalue weighted by Gasteiger charge is -2.17. The number of fused-ring (bicyclic) bond motifs is 1. The number of carboxylic acid groups (broad SMARTS) is 1. The molecule has 0 saturated carbocycles. The van der Waals surface area contributed by atoms with E-state index in [0.717, 1.165) is 33.3 Å². The summed E-state index contributed by atoms with van der Waals surface area (Å²) >= 11 is 12.6. The number of nitrogens with two attached hydrogens (primary N) is 1. The van der Waals surface area contributed by atoms with Crippen LogP contribution >= 0.6 is 23.2 Å². The van der Waals surface area contributed by atoms with Crippen molar-refractivity contribution in [1.29, 1.82) is 0 Å². The van der Waals surface area contributed by atoms with Gasteiger partial charge in [0, 0.05) is 38.3 Å². The van der Waals surface area contributed by atoms with Crippen LogP contribution in [0.3, 0.4) is 0 Å². The predicted molar refractivity (Wildman–Crippen MR) is 153 cm³/mol. The van der Waals surface area contributed by atoms with Crippen molar-refractivity contribution in [3.05, 3.63) is 106 Å². The smallest absolute Gasteiger partial charge is 0.305 e. The fourth-order valence-electron chi connectivity index (χ4n) is 4.55. The molecule has 5 aromatic rings. The van der Waals surface area contributed by atoms with Gasteiger partial charge in [0.2, 0.25) is 0 Å². The Hall–Kier alpha value is -4.04. The summed E-state index contributed by atoms with van der Waals surface area (Å²) in [4.78, 5) is 27.9. The van der Waals surface area contributed by atoms with E-state index in [1.165, 1.54) is 0 Å². The standard InChI is InChI=1S/C30H24Cl2N4O3/c1-17(18-4-6-19(7-5-18)30(39)25(33)15-29(37)38)36-28(21-8-9-26-20(11-21)3-2-10-34-26)16-27(35-36)22-12-23(31)14-24(32)13-22/h2-14,16-17,25H,15,33H2,1H3,(H,37,38). The first kappa shape index (κ1) is 26.6. The molecule has 2 atom stereocenters. The summed E-state index contributed by atoms with van der Waals surface area (Å²) in [6.07, 6.45) is 1.34. The molecule has 0 spiro atoms. The molecule has 0 aliphatic rings. The molecule has 3 aromatic carbocycles. The number of ketones is 1. The quantitative estimate of drug-likeness (QED) is 0.206. The molecule has 7 nitrogen and oxygen atoms in total. The van der Waals surface area contributed by atoms with Gasteiger partial charge in [-0.25, -0.2) is 0 Å². The van der Waals surface area contributed by atoms with Crippen LogP contribution in [0, 0.1) is 0 Å². The zero-order valence-corrected chi connectivity index (χ0v) is 22.4. The zero-order chi connectivity index (χ0) is 27.7. The van der Waals surface area contributed by atoms with Gasteiger partial charge >= 0.3 is 5.97 Å². The molecule has 0 radical (unpaired) electrons. The van der Waals surface area contributed by atoms with Crippen LogP contribution in [0.5, 0.6) is 0 Å². The average molecular weight is 559 g/mol. The van der Waals surface area contributed by atoms with Crippen LogP contribution in [0.15, 0.2) is 85.1 Å². The highest BCUT2D eigenvalue weighted by Gasteiger charge is 2.21. The number of aromatic nitrogens is 3. The van der Waals surface area contributed by atoms with E-state index in [1.54, 1.807) is 24.4 Å². The lowest BCUT2D eigenvalue weighted by Crippen LogP contribution is -2.32. The van der Waals surface area contributed by atoms with E-state index in [4.69, 9.17) is 39.1 Å². The molecule has 5 rings (SSSR count). The second-order valence-electron chi connectivity index (χ2n) is 9.29. The van der Waals surface area contributed by atoms with Gasteiger partial charge in [0.1, 0.15) is 0 Å². The van der Waals surface area contributed by atoms with Crippen LogP contribution in [0.4, 0.5) is 0 Å². The number of aliphatic carboxylic acids is 1. The number of hydrogen-bond donors (Lipinski definition) is 2. The van der Waals surface area contributed by atoms with Crippen molar-refractivity contribution in [1.82, 2.24) is 14.8 Å². The number of nitrogens with zero attached hydrogens (tertiary/aromatic N) is 3. The first-order chi connectivity index (χ1) is 18.7. The van der Waals surface area contributed by atoms with Gasteiger partial charge in [0.05, 0.1) is 35.4 Å². The summed E-state index contributed by atoms with van der Waals surface area (Å²) in [6, 6.07) is 23.0. The summed E-state index contributed by atoms with van der Waals surface area (Å²) in [6.45, 7) is 2.01. The van der Waals surface area contributed by atoms with Gasteiger partial charge in [0.25, 0.3) is 0 Å². The number of benzene rings is 3. The van der Waals surface area contributed by atoms with E-state index in [1.807, 2.05) is 66.2 Å². The predicted octanol–water partition coefficient (Wildman–Crippen LogP) is 6.67. The highest BCUT2D eigenvalue weighted by Crippen LogP contribution is 2.34. The largest absolute Gasteiger partial charge is 0.481 e. The number of pyridine rings is 1. The van der Waals surface area contributed by atoms with Crippen LogP contribution in [0.25, 0.3) is 33.4 Å². The Bertz CT molecular complexity index is 1680. The highest BCUT2D eigenvalue weighted by molar-refractivity contribution is 6.35. The summed E-state index contributed by atoms with van der Waals surface area (Å²) in [5.41, 5.74) is 11.3. The van der Waals surface area contributed by atoms with Gasteiger partial charge in [-0.15, -0.1) is 0 Å². The van der Waals surface area contributed by atoms with Gasteiger partial charge in [-0.2, -0.15) is 5.10 Å². The third-order valence-corrected chi connectivity index (χ3v) is 7.01. The van der Waals surface area contributed by atoms with Crippen molar-refractivity contribution in [2.75, 3.05) is 0 Å². The molecular formula is C30H24Cl2N4O3. The Balaban J connectivity index is 1.56. The lowest BCUT2D eigenvalue weighted by atomic mass is 9.99. The Kier molecular flexibility index (Phi) is 7.48. The van der Waals surface area contributed by atoms with Crippen molar-refractivity contribution in [2.45, 2.75) is 25.4 Å². The minimum Gasteiger partial charge on any atom is -0.481 e. The molecule has 9 heteroatoms. The first-order valence-electron chi connectivity index (χ1n) is 12.2. The van der Waals surface area contributed by atoms with Crippen LogP contribution in [0.1, 0.15) is 35.3 Å². The normalized spacial score (nSPS) is 12.8. The maximum atomic E-state index is 12.6. The van der Waals surface area contributed by atoms with E-state index in [0.29, 0.717) is 21.3 Å². The van der Waals surface area contributed by atoms with E-state index in [2.05, 4.69) is 11.1 Å². The van der Waals surface area contributed by atoms with Crippen LogP contribution < -0.4 is 5.73 Å². The molecule has 0 aliphatic carbocycles. The molecule has 3 N–H and O–H groups in total. The molecule has 0 fully saturated rings. The molecule has 2 heterocycles. The van der Waals surface area contributed by atoms with Gasteiger partial charge in [-0.3, -0.25) is 19.3 Å². The molecule has 39 heavy (non-hydrogen) atoms. The van der Waals surface area contributed by atoms with Crippen molar-refractivity contribution in [2.24, 2.45) is 5.73 Å². The summed E-state index contributed by atoms with van der Waals surface area (Å²) in [5.74, 6) is -1.53. The molecule has 0 aliphatic heterocycles. The van der Waals surface area contributed by atoms with E-state index >= 15 is 0 Å². The molecule has 2 unspecified atom stereocenters. The summed E-state index contributed by atoms with van der Waals surface area (Å²) in [7, 11) is 0. The van der Waals surface area contributed by atoms with Gasteiger partial charge in [0.15, 0.2) is 5.78 Å². The zero-order valence-electron chi connectivity index (χ0n) is 20.9. The van der Waals surface area contributed by atoms with Gasteiger partial charge in [-0.05, 0) is 55.0 Å². The van der Waals surface area contributed by atoms with E-state index in [-0.39, 0.29) is 6.04 Å². The minimum atomic E-state index is -1.12. The van der Waals surface area contributed by atoms with Crippen molar-refractivity contribution < 1.29 is 14.7 Å². The molecular weight excluding hydrogens is 535 g/mol. The van der Waals surface area contributed by atoms with Crippen molar-refractivity contribution >= 4 is 45.9 Å². The third-order valence-electron chi connectivity index (χ3n) is 6.57. The summed E-state index contributed by atoms with van der Waals surface area (Å²) in [5, 5.41) is 15.9. The van der Waals surface area contributed by atoms with Gasteiger partial charge in [-0.1, -0.05) is 59.6 Å². The second-order valence-corrected chi connectivity index (χ2v) is 10.2. The van der Waals surface area contributed by atoms with Crippen LogP contribution in [-0.2, 0) is 4.79 Å². The Morgan fingerprint density at radius 2 is 1.67 bits per heavy atom. The maximum Gasteiger partial charge on any atom is 0.305 e. The van der Waals surface area contributed by atoms with Gasteiger partial charge < -0.3 is 10.8 Å². The molecule has 0 amide bonds. The number of halogens is 2. The summed E-state index contributed by atoms with van der Waals surface area (Å²) < 4.78 is 1.93. The Labute approximate surface area is 234 Å².